The third-order valence-corrected chi connectivity index (χ3v) is 1.18. The maximum Gasteiger partial charge on any atom is 0.173 e. The van der Waals surface area contributed by atoms with Crippen LogP contribution in [0.2, 0.25) is 0 Å². The number of aromatic nitrogens is 4. The van der Waals surface area contributed by atoms with E-state index in [1.54, 1.807) is 6.20 Å². The number of hydrogen-bond donors (Lipinski definition) is 1. The minimum absolute atomic E-state index is 0.400. The number of H-pyrrole nitrogens is 1. The van der Waals surface area contributed by atoms with Crippen molar-refractivity contribution >= 4 is 24.6 Å². The second kappa shape index (κ2) is 1.80. The second-order valence-electron chi connectivity index (χ2n) is 1.90. The Morgan fingerprint density at radius 1 is 1.40 bits per heavy atom. The molecular formula is C5H3BN4. The van der Waals surface area contributed by atoms with Gasteiger partial charge in [-0.15, -0.1) is 0 Å². The van der Waals surface area contributed by atoms with Crippen LogP contribution < -0.4 is 5.59 Å². The Morgan fingerprint density at radius 3 is 3.20 bits per heavy atom. The molecule has 0 aliphatic heterocycles. The van der Waals surface area contributed by atoms with E-state index in [9.17, 15) is 0 Å². The van der Waals surface area contributed by atoms with Crippen molar-refractivity contribution in [2.45, 2.75) is 0 Å². The summed E-state index contributed by atoms with van der Waals surface area (Å²) in [5, 5.41) is 6.39. The van der Waals surface area contributed by atoms with Crippen LogP contribution in [0.3, 0.4) is 0 Å². The topological polar surface area (TPSA) is 54.5 Å². The Kier molecular flexibility index (Phi) is 0.971. The second-order valence-corrected chi connectivity index (χ2v) is 1.90. The van der Waals surface area contributed by atoms with E-state index in [0.29, 0.717) is 11.2 Å². The van der Waals surface area contributed by atoms with Gasteiger partial charge >= 0.3 is 0 Å². The largest absolute Gasteiger partial charge is 0.259 e. The number of nitrogens with zero attached hydrogens (tertiary/aromatic N) is 3. The molecule has 10 heavy (non-hydrogen) atoms. The van der Waals surface area contributed by atoms with Gasteiger partial charge in [0, 0.05) is 11.8 Å². The summed E-state index contributed by atoms with van der Waals surface area (Å²) in [6.07, 6.45) is 3.10. The molecule has 0 aliphatic rings. The van der Waals surface area contributed by atoms with Gasteiger partial charge in [-0.25, -0.2) is 4.98 Å². The van der Waals surface area contributed by atoms with E-state index in [4.69, 9.17) is 7.85 Å². The predicted octanol–water partition coefficient (Wildman–Crippen LogP) is -0.853. The molecule has 0 saturated heterocycles. The molecule has 0 aromatic carbocycles. The van der Waals surface area contributed by atoms with Crippen LogP contribution in [0, 0.1) is 0 Å². The Hall–Kier alpha value is -1.39. The van der Waals surface area contributed by atoms with Crippen molar-refractivity contribution in [2.24, 2.45) is 0 Å². The molecule has 2 aromatic heterocycles. The monoisotopic (exact) mass is 130 g/mol. The van der Waals surface area contributed by atoms with Gasteiger partial charge in [0.1, 0.15) is 13.4 Å². The van der Waals surface area contributed by atoms with E-state index in [2.05, 4.69) is 20.2 Å². The van der Waals surface area contributed by atoms with Gasteiger partial charge < -0.3 is 0 Å². The fraction of sp³-hybridized carbons (Fsp3) is 0. The van der Waals surface area contributed by atoms with E-state index in [0.717, 1.165) is 5.52 Å². The number of fused-ring (bicyclic) bond motifs is 1. The lowest BCUT2D eigenvalue weighted by Gasteiger charge is -1.88. The highest BCUT2D eigenvalue weighted by Crippen LogP contribution is 1.97. The lowest BCUT2D eigenvalue weighted by atomic mass is 10.1. The molecule has 0 spiro atoms. The average Bonchev–Trinajstić information content (AvgIpc) is 2.33. The van der Waals surface area contributed by atoms with Gasteiger partial charge in [-0.1, -0.05) is 0 Å². The Bertz CT molecular complexity index is 355. The van der Waals surface area contributed by atoms with Crippen LogP contribution in [0.25, 0.3) is 11.2 Å². The van der Waals surface area contributed by atoms with Crippen molar-refractivity contribution in [3.63, 3.8) is 0 Å². The molecule has 4 nitrogen and oxygen atoms in total. The molecule has 2 radical (unpaired) electrons. The number of aromatic amines is 1. The van der Waals surface area contributed by atoms with E-state index in [-0.39, 0.29) is 0 Å². The maximum atomic E-state index is 5.36. The summed E-state index contributed by atoms with van der Waals surface area (Å²) < 4.78 is 0. The fourth-order valence-electron chi connectivity index (χ4n) is 0.743. The van der Waals surface area contributed by atoms with Crippen LogP contribution in [0.5, 0.6) is 0 Å². The van der Waals surface area contributed by atoms with Gasteiger partial charge in [-0.2, -0.15) is 5.10 Å². The Morgan fingerprint density at radius 2 is 2.30 bits per heavy atom. The first-order valence-corrected chi connectivity index (χ1v) is 2.78. The molecule has 0 atom stereocenters. The zero-order valence-electron chi connectivity index (χ0n) is 5.07. The molecular weight excluding hydrogens is 127 g/mol. The molecule has 0 unspecified atom stereocenters. The van der Waals surface area contributed by atoms with Crippen LogP contribution in [0.1, 0.15) is 0 Å². The normalized spacial score (nSPS) is 10.4. The van der Waals surface area contributed by atoms with Crippen molar-refractivity contribution in [1.82, 2.24) is 20.2 Å². The van der Waals surface area contributed by atoms with Gasteiger partial charge in [0.15, 0.2) is 5.65 Å². The summed E-state index contributed by atoms with van der Waals surface area (Å²) in [5.41, 5.74) is 1.76. The molecule has 2 aromatic rings. The van der Waals surface area contributed by atoms with E-state index < -0.39 is 0 Å². The number of nitrogens with one attached hydrogen (secondary N) is 1. The van der Waals surface area contributed by atoms with Gasteiger partial charge in [0.05, 0.1) is 6.20 Å². The number of rotatable bonds is 0. The summed E-state index contributed by atoms with van der Waals surface area (Å²) in [7, 11) is 5.36. The van der Waals surface area contributed by atoms with Gasteiger partial charge in [-0.05, 0) is 0 Å². The van der Waals surface area contributed by atoms with Crippen LogP contribution in [-0.4, -0.2) is 28.0 Å². The molecule has 46 valence electrons. The van der Waals surface area contributed by atoms with Crippen molar-refractivity contribution < 1.29 is 0 Å². The number of hydrogen-bond acceptors (Lipinski definition) is 3. The maximum absolute atomic E-state index is 5.36. The smallest absolute Gasteiger partial charge is 0.173 e. The van der Waals surface area contributed by atoms with Gasteiger partial charge in [-0.3, -0.25) is 10.1 Å². The fourth-order valence-corrected chi connectivity index (χ4v) is 0.743. The van der Waals surface area contributed by atoms with E-state index >= 15 is 0 Å². The summed E-state index contributed by atoms with van der Waals surface area (Å²) in [6.45, 7) is 0. The van der Waals surface area contributed by atoms with Crippen LogP contribution in [0.15, 0.2) is 12.4 Å². The van der Waals surface area contributed by atoms with E-state index in [1.165, 1.54) is 6.20 Å². The highest BCUT2D eigenvalue weighted by atomic mass is 15.1. The third kappa shape index (κ3) is 0.672. The summed E-state index contributed by atoms with van der Waals surface area (Å²) in [6, 6.07) is 0. The summed E-state index contributed by atoms with van der Waals surface area (Å²) in [4.78, 5) is 7.89. The molecule has 2 heterocycles. The van der Waals surface area contributed by atoms with Crippen LogP contribution >= 0.6 is 0 Å². The van der Waals surface area contributed by atoms with Crippen LogP contribution in [0.4, 0.5) is 0 Å². The molecule has 5 heteroatoms. The first kappa shape index (κ1) is 5.40. The SMILES string of the molecule is [B]c1cnc2cn[nH]c2n1. The lowest BCUT2D eigenvalue weighted by molar-refractivity contribution is 1.10. The van der Waals surface area contributed by atoms with E-state index in [1.807, 2.05) is 0 Å². The molecule has 0 amide bonds. The minimum Gasteiger partial charge on any atom is -0.259 e. The molecule has 0 saturated carbocycles. The van der Waals surface area contributed by atoms with Crippen molar-refractivity contribution in [1.29, 1.82) is 0 Å². The molecule has 1 N–H and O–H groups in total. The first-order chi connectivity index (χ1) is 4.86. The average molecular weight is 130 g/mol. The summed E-state index contributed by atoms with van der Waals surface area (Å²) in [5.74, 6) is 0. The Labute approximate surface area is 58.1 Å². The first-order valence-electron chi connectivity index (χ1n) is 2.78. The predicted molar refractivity (Wildman–Crippen MR) is 37.1 cm³/mol. The van der Waals surface area contributed by atoms with Crippen molar-refractivity contribution in [3.8, 4) is 0 Å². The van der Waals surface area contributed by atoms with Gasteiger partial charge in [0.25, 0.3) is 0 Å². The molecule has 0 fully saturated rings. The lowest BCUT2D eigenvalue weighted by Crippen LogP contribution is -2.07. The standard InChI is InChI=1S/C5H3BN4/c6-4-2-7-3-1-8-10-5(3)9-4/h1-2H,(H,8,9,10). The van der Waals surface area contributed by atoms with Crippen molar-refractivity contribution in [2.75, 3.05) is 0 Å². The quantitative estimate of drug-likeness (QED) is 0.472. The minimum atomic E-state index is 0.400. The zero-order valence-corrected chi connectivity index (χ0v) is 5.07. The zero-order chi connectivity index (χ0) is 6.97. The highest BCUT2D eigenvalue weighted by Gasteiger charge is 1.95. The molecule has 2 rings (SSSR count). The van der Waals surface area contributed by atoms with Crippen molar-refractivity contribution in [3.05, 3.63) is 12.4 Å². The van der Waals surface area contributed by atoms with Crippen LogP contribution in [-0.2, 0) is 0 Å². The third-order valence-electron chi connectivity index (χ3n) is 1.18. The Balaban J connectivity index is 2.86. The summed E-state index contributed by atoms with van der Waals surface area (Å²) >= 11 is 0. The van der Waals surface area contributed by atoms with Gasteiger partial charge in [0.2, 0.25) is 0 Å². The molecule has 0 bridgehead atoms. The molecule has 0 aliphatic carbocycles. The highest BCUT2D eigenvalue weighted by molar-refractivity contribution is 6.30.